The molecular weight excluding hydrogens is 272 g/mol. The Morgan fingerprint density at radius 2 is 1.95 bits per heavy atom. The molecule has 1 aliphatic rings. The maximum absolute atomic E-state index is 5.24. The lowest BCUT2D eigenvalue weighted by Gasteiger charge is -2.36. The van der Waals surface area contributed by atoms with Gasteiger partial charge in [0.15, 0.2) is 0 Å². The molecule has 2 heterocycles. The van der Waals surface area contributed by atoms with Gasteiger partial charge >= 0.3 is 0 Å². The normalized spacial score (nSPS) is 19.1. The first-order valence-corrected chi connectivity index (χ1v) is 8.07. The summed E-state index contributed by atoms with van der Waals surface area (Å²) < 4.78 is 5.24. The quantitative estimate of drug-likeness (QED) is 0.848. The number of piperidine rings is 1. The molecular formula is C19H24N2O. The van der Waals surface area contributed by atoms with Crippen molar-refractivity contribution in [2.45, 2.75) is 38.8 Å². The van der Waals surface area contributed by atoms with Crippen molar-refractivity contribution in [1.82, 2.24) is 9.88 Å². The van der Waals surface area contributed by atoms with E-state index in [2.05, 4.69) is 53.2 Å². The van der Waals surface area contributed by atoms with Crippen molar-refractivity contribution in [3.63, 3.8) is 0 Å². The van der Waals surface area contributed by atoms with E-state index in [1.165, 1.54) is 30.4 Å². The van der Waals surface area contributed by atoms with Gasteiger partial charge in [0.05, 0.1) is 7.11 Å². The van der Waals surface area contributed by atoms with Crippen LogP contribution < -0.4 is 4.74 Å². The van der Waals surface area contributed by atoms with E-state index in [4.69, 9.17) is 4.74 Å². The smallest absolute Gasteiger partial charge is 0.213 e. The summed E-state index contributed by atoms with van der Waals surface area (Å²) in [6.45, 7) is 4.26. The fourth-order valence-corrected chi connectivity index (χ4v) is 3.37. The highest BCUT2D eigenvalue weighted by molar-refractivity contribution is 5.28. The number of methoxy groups -OCH3 is 1. The molecule has 0 saturated carbocycles. The van der Waals surface area contributed by atoms with Gasteiger partial charge in [-0.3, -0.25) is 4.90 Å². The van der Waals surface area contributed by atoms with Crippen molar-refractivity contribution in [2.75, 3.05) is 13.7 Å². The molecule has 0 aliphatic carbocycles. The van der Waals surface area contributed by atoms with Crippen LogP contribution in [0.5, 0.6) is 5.88 Å². The van der Waals surface area contributed by atoms with Gasteiger partial charge in [0.25, 0.3) is 0 Å². The Morgan fingerprint density at radius 3 is 2.68 bits per heavy atom. The molecule has 1 aliphatic heterocycles. The van der Waals surface area contributed by atoms with Gasteiger partial charge in [-0.2, -0.15) is 0 Å². The molecule has 3 heteroatoms. The lowest BCUT2D eigenvalue weighted by molar-refractivity contribution is 0.139. The van der Waals surface area contributed by atoms with E-state index in [0.29, 0.717) is 11.9 Å². The van der Waals surface area contributed by atoms with Gasteiger partial charge in [0, 0.05) is 24.3 Å². The van der Waals surface area contributed by atoms with Crippen molar-refractivity contribution in [3.05, 3.63) is 59.3 Å². The molecule has 3 nitrogen and oxygen atoms in total. The number of ether oxygens (including phenoxy) is 1. The van der Waals surface area contributed by atoms with E-state index in [1.54, 1.807) is 7.11 Å². The standard InChI is InChI=1S/C19H24N2O/c1-15-17(11-12-19(20-15)22-2)18-10-6-7-13-21(18)14-16-8-4-3-5-9-16/h3-5,8-9,11-12,18H,6-7,10,13-14H2,1-2H3. The minimum absolute atomic E-state index is 0.465. The first-order chi connectivity index (χ1) is 10.8. The zero-order valence-electron chi connectivity index (χ0n) is 13.5. The van der Waals surface area contributed by atoms with E-state index < -0.39 is 0 Å². The molecule has 0 spiro atoms. The maximum Gasteiger partial charge on any atom is 0.213 e. The van der Waals surface area contributed by atoms with Crippen LogP contribution in [0.1, 0.15) is 42.1 Å². The zero-order valence-corrected chi connectivity index (χ0v) is 13.5. The lowest BCUT2D eigenvalue weighted by atomic mass is 9.94. The van der Waals surface area contributed by atoms with Crippen LogP contribution in [-0.4, -0.2) is 23.5 Å². The summed E-state index contributed by atoms with van der Waals surface area (Å²) in [4.78, 5) is 7.15. The summed E-state index contributed by atoms with van der Waals surface area (Å²) in [5, 5.41) is 0. The Balaban J connectivity index is 1.83. The van der Waals surface area contributed by atoms with E-state index in [0.717, 1.165) is 18.8 Å². The summed E-state index contributed by atoms with van der Waals surface area (Å²) >= 11 is 0. The van der Waals surface area contributed by atoms with Crippen LogP contribution in [0.25, 0.3) is 0 Å². The fourth-order valence-electron chi connectivity index (χ4n) is 3.37. The number of pyridine rings is 1. The SMILES string of the molecule is COc1ccc(C2CCCCN2Cc2ccccc2)c(C)n1. The Kier molecular flexibility index (Phi) is 4.74. The summed E-state index contributed by atoms with van der Waals surface area (Å²) in [6.07, 6.45) is 3.79. The van der Waals surface area contributed by atoms with Crippen LogP contribution in [-0.2, 0) is 6.54 Å². The largest absolute Gasteiger partial charge is 0.481 e. The van der Waals surface area contributed by atoms with Crippen LogP contribution >= 0.6 is 0 Å². The van der Waals surface area contributed by atoms with E-state index in [1.807, 2.05) is 6.07 Å². The lowest BCUT2D eigenvalue weighted by Crippen LogP contribution is -2.33. The molecule has 0 bridgehead atoms. The van der Waals surface area contributed by atoms with Crippen molar-refractivity contribution in [2.24, 2.45) is 0 Å². The molecule has 0 amide bonds. The number of likely N-dealkylation sites (tertiary alicyclic amines) is 1. The predicted molar refractivity (Wildman–Crippen MR) is 89.0 cm³/mol. The third-order valence-electron chi connectivity index (χ3n) is 4.51. The number of rotatable bonds is 4. The van der Waals surface area contributed by atoms with E-state index in [9.17, 15) is 0 Å². The monoisotopic (exact) mass is 296 g/mol. The summed E-state index contributed by atoms with van der Waals surface area (Å²) in [5.74, 6) is 0.701. The van der Waals surface area contributed by atoms with Crippen LogP contribution in [0.3, 0.4) is 0 Å². The molecule has 116 valence electrons. The third-order valence-corrected chi connectivity index (χ3v) is 4.51. The minimum atomic E-state index is 0.465. The second-order valence-electron chi connectivity index (χ2n) is 6.00. The topological polar surface area (TPSA) is 25.4 Å². The Labute approximate surface area is 132 Å². The summed E-state index contributed by atoms with van der Waals surface area (Å²) in [6, 6.07) is 15.4. The van der Waals surface area contributed by atoms with Gasteiger partial charge in [-0.05, 0) is 37.4 Å². The second kappa shape index (κ2) is 6.93. The van der Waals surface area contributed by atoms with E-state index in [-0.39, 0.29) is 0 Å². The van der Waals surface area contributed by atoms with E-state index >= 15 is 0 Å². The van der Waals surface area contributed by atoms with Gasteiger partial charge in [-0.15, -0.1) is 0 Å². The predicted octanol–water partition coefficient (Wildman–Crippen LogP) is 4.13. The summed E-state index contributed by atoms with van der Waals surface area (Å²) in [5.41, 5.74) is 3.81. The van der Waals surface area contributed by atoms with Crippen LogP contribution in [0.4, 0.5) is 0 Å². The van der Waals surface area contributed by atoms with Crippen molar-refractivity contribution in [1.29, 1.82) is 0 Å². The Hall–Kier alpha value is -1.87. The number of hydrogen-bond donors (Lipinski definition) is 0. The molecule has 1 aromatic carbocycles. The number of nitrogens with zero attached hydrogens (tertiary/aromatic N) is 2. The van der Waals surface area contributed by atoms with Gasteiger partial charge in [-0.25, -0.2) is 4.98 Å². The minimum Gasteiger partial charge on any atom is -0.481 e. The zero-order chi connectivity index (χ0) is 15.4. The molecule has 1 saturated heterocycles. The van der Waals surface area contributed by atoms with Crippen molar-refractivity contribution >= 4 is 0 Å². The Bertz CT molecular complexity index is 612. The van der Waals surface area contributed by atoms with Crippen molar-refractivity contribution in [3.8, 4) is 5.88 Å². The molecule has 3 rings (SSSR count). The van der Waals surface area contributed by atoms with Crippen LogP contribution in [0.15, 0.2) is 42.5 Å². The fraction of sp³-hybridized carbons (Fsp3) is 0.421. The van der Waals surface area contributed by atoms with Gasteiger partial charge in [0.2, 0.25) is 5.88 Å². The van der Waals surface area contributed by atoms with Crippen molar-refractivity contribution < 1.29 is 4.74 Å². The maximum atomic E-state index is 5.24. The average Bonchev–Trinajstić information content (AvgIpc) is 2.56. The molecule has 1 aromatic heterocycles. The molecule has 0 radical (unpaired) electrons. The molecule has 2 aromatic rings. The first kappa shape index (κ1) is 15.0. The first-order valence-electron chi connectivity index (χ1n) is 8.07. The van der Waals surface area contributed by atoms with Gasteiger partial charge in [0.1, 0.15) is 0 Å². The molecule has 0 N–H and O–H groups in total. The van der Waals surface area contributed by atoms with Gasteiger partial charge in [-0.1, -0.05) is 42.8 Å². The Morgan fingerprint density at radius 1 is 1.14 bits per heavy atom. The molecule has 22 heavy (non-hydrogen) atoms. The highest BCUT2D eigenvalue weighted by Crippen LogP contribution is 2.34. The van der Waals surface area contributed by atoms with Gasteiger partial charge < -0.3 is 4.74 Å². The number of benzene rings is 1. The second-order valence-corrected chi connectivity index (χ2v) is 6.00. The average molecular weight is 296 g/mol. The number of aryl methyl sites for hydroxylation is 1. The van der Waals surface area contributed by atoms with Crippen LogP contribution in [0.2, 0.25) is 0 Å². The molecule has 1 fully saturated rings. The third kappa shape index (κ3) is 3.30. The number of aromatic nitrogens is 1. The molecule has 1 unspecified atom stereocenters. The highest BCUT2D eigenvalue weighted by atomic mass is 16.5. The highest BCUT2D eigenvalue weighted by Gasteiger charge is 2.25. The number of hydrogen-bond acceptors (Lipinski definition) is 3. The summed E-state index contributed by atoms with van der Waals surface area (Å²) in [7, 11) is 1.67. The molecule has 1 atom stereocenters. The van der Waals surface area contributed by atoms with Crippen LogP contribution in [0, 0.1) is 6.92 Å².